The summed E-state index contributed by atoms with van der Waals surface area (Å²) in [7, 11) is 1.71. The van der Waals surface area contributed by atoms with Crippen LogP contribution in [-0.2, 0) is 4.74 Å². The van der Waals surface area contributed by atoms with Gasteiger partial charge in [-0.1, -0.05) is 12.1 Å². The average Bonchev–Trinajstić information content (AvgIpc) is 2.81. The van der Waals surface area contributed by atoms with Crippen molar-refractivity contribution in [1.82, 2.24) is 9.88 Å². The number of benzene rings is 1. The van der Waals surface area contributed by atoms with Crippen LogP contribution < -0.4 is 5.43 Å². The van der Waals surface area contributed by atoms with E-state index in [1.54, 1.807) is 24.3 Å². The third-order valence-corrected chi connectivity index (χ3v) is 4.65. The van der Waals surface area contributed by atoms with Crippen LogP contribution in [-0.4, -0.2) is 42.1 Å². The summed E-state index contributed by atoms with van der Waals surface area (Å²) >= 11 is 0. The number of fused-ring (bicyclic) bond motifs is 1. The van der Waals surface area contributed by atoms with Crippen LogP contribution in [0.3, 0.4) is 0 Å². The fourth-order valence-electron chi connectivity index (χ4n) is 3.24. The first-order chi connectivity index (χ1) is 11.1. The summed E-state index contributed by atoms with van der Waals surface area (Å²) < 4.78 is 5.39. The molecule has 1 amide bonds. The monoisotopic (exact) mass is 314 g/mol. The van der Waals surface area contributed by atoms with Crippen LogP contribution in [0.15, 0.2) is 29.2 Å². The molecule has 0 spiro atoms. The van der Waals surface area contributed by atoms with Gasteiger partial charge in [-0.15, -0.1) is 0 Å². The predicted molar refractivity (Wildman–Crippen MR) is 89.9 cm³/mol. The predicted octanol–water partition coefficient (Wildman–Crippen LogP) is 2.48. The molecule has 5 nitrogen and oxygen atoms in total. The molecule has 122 valence electrons. The first-order valence-corrected chi connectivity index (χ1v) is 8.05. The number of para-hydroxylation sites is 1. The quantitative estimate of drug-likeness (QED) is 0.926. The molecule has 1 atom stereocenters. The molecule has 1 aliphatic heterocycles. The number of nitrogens with one attached hydrogen (secondary N) is 1. The van der Waals surface area contributed by atoms with E-state index < -0.39 is 0 Å². The summed E-state index contributed by atoms with van der Waals surface area (Å²) in [6.45, 7) is 3.24. The Morgan fingerprint density at radius 3 is 2.91 bits per heavy atom. The van der Waals surface area contributed by atoms with Gasteiger partial charge in [0.2, 0.25) is 5.43 Å². The molecule has 2 aromatic rings. The minimum absolute atomic E-state index is 0.189. The normalized spacial score (nSPS) is 18.9. The van der Waals surface area contributed by atoms with Crippen LogP contribution in [0.2, 0.25) is 0 Å². The molecule has 1 saturated heterocycles. The Hall–Kier alpha value is -2.14. The van der Waals surface area contributed by atoms with Crippen LogP contribution in [0.25, 0.3) is 10.9 Å². The lowest BCUT2D eigenvalue weighted by molar-refractivity contribution is 0.0722. The number of likely N-dealkylation sites (tertiary alicyclic amines) is 1. The summed E-state index contributed by atoms with van der Waals surface area (Å²) in [6, 6.07) is 5.55. The Kier molecular flexibility index (Phi) is 4.48. The number of aromatic amines is 1. The highest BCUT2D eigenvalue weighted by Gasteiger charge is 2.23. The van der Waals surface area contributed by atoms with E-state index in [0.29, 0.717) is 18.5 Å². The molecular formula is C18H22N2O3. The smallest absolute Gasteiger partial charge is 0.259 e. The van der Waals surface area contributed by atoms with Crippen LogP contribution in [0.4, 0.5) is 0 Å². The Balaban J connectivity index is 1.92. The van der Waals surface area contributed by atoms with Gasteiger partial charge in [-0.3, -0.25) is 9.59 Å². The van der Waals surface area contributed by atoms with Crippen molar-refractivity contribution in [2.24, 2.45) is 0 Å². The Bertz CT molecular complexity index is 781. The number of carbonyl (C=O) groups excluding carboxylic acids is 1. The maximum absolute atomic E-state index is 12.8. The van der Waals surface area contributed by atoms with E-state index in [-0.39, 0.29) is 23.0 Å². The first-order valence-electron chi connectivity index (χ1n) is 8.05. The van der Waals surface area contributed by atoms with Crippen LogP contribution in [0, 0.1) is 6.92 Å². The summed E-state index contributed by atoms with van der Waals surface area (Å²) in [5.74, 6) is -0.189. The maximum Gasteiger partial charge on any atom is 0.259 e. The van der Waals surface area contributed by atoms with E-state index in [9.17, 15) is 9.59 Å². The van der Waals surface area contributed by atoms with Gasteiger partial charge >= 0.3 is 0 Å². The van der Waals surface area contributed by atoms with Crippen molar-refractivity contribution in [2.75, 3.05) is 20.2 Å². The highest BCUT2D eigenvalue weighted by atomic mass is 16.5. The number of H-pyrrole nitrogens is 1. The summed E-state index contributed by atoms with van der Waals surface area (Å²) in [5.41, 5.74) is 1.82. The summed E-state index contributed by atoms with van der Waals surface area (Å²) in [6.07, 6.45) is 4.42. The van der Waals surface area contributed by atoms with Gasteiger partial charge in [0.25, 0.3) is 5.91 Å². The molecule has 1 unspecified atom stereocenters. The van der Waals surface area contributed by atoms with E-state index in [4.69, 9.17) is 4.74 Å². The zero-order valence-corrected chi connectivity index (χ0v) is 13.6. The minimum Gasteiger partial charge on any atom is -0.381 e. The number of pyridine rings is 1. The number of ether oxygens (including phenoxy) is 1. The van der Waals surface area contributed by atoms with Gasteiger partial charge < -0.3 is 14.6 Å². The fraction of sp³-hybridized carbons (Fsp3) is 0.444. The third-order valence-electron chi connectivity index (χ3n) is 4.65. The standard InChI is InChI=1S/C18H22N2O3/c1-12-5-3-7-14-16(12)19-11-15(17(14)21)18(22)20-9-4-6-13(23-2)8-10-20/h3,5,7,11,13H,4,6,8-10H2,1-2H3,(H,19,21). The van der Waals surface area contributed by atoms with Crippen molar-refractivity contribution in [1.29, 1.82) is 0 Å². The average molecular weight is 314 g/mol. The molecule has 0 bridgehead atoms. The van der Waals surface area contributed by atoms with Crippen molar-refractivity contribution in [3.8, 4) is 0 Å². The Morgan fingerprint density at radius 1 is 1.30 bits per heavy atom. The number of aryl methyl sites for hydroxylation is 1. The molecule has 3 rings (SSSR count). The molecule has 0 radical (unpaired) electrons. The molecule has 1 aliphatic rings. The van der Waals surface area contributed by atoms with Gasteiger partial charge in [-0.25, -0.2) is 0 Å². The van der Waals surface area contributed by atoms with E-state index in [0.717, 1.165) is 30.3 Å². The van der Waals surface area contributed by atoms with Crippen LogP contribution in [0.1, 0.15) is 35.2 Å². The van der Waals surface area contributed by atoms with Gasteiger partial charge in [0, 0.05) is 31.8 Å². The van der Waals surface area contributed by atoms with Crippen molar-refractivity contribution >= 4 is 16.8 Å². The van der Waals surface area contributed by atoms with Crippen molar-refractivity contribution in [3.05, 3.63) is 45.7 Å². The number of nitrogens with zero attached hydrogens (tertiary/aromatic N) is 1. The molecule has 5 heteroatoms. The number of hydrogen-bond acceptors (Lipinski definition) is 3. The van der Waals surface area contributed by atoms with Gasteiger partial charge in [-0.2, -0.15) is 0 Å². The summed E-state index contributed by atoms with van der Waals surface area (Å²) in [5, 5.41) is 0.570. The summed E-state index contributed by atoms with van der Waals surface area (Å²) in [4.78, 5) is 30.3. The van der Waals surface area contributed by atoms with E-state index >= 15 is 0 Å². The zero-order valence-electron chi connectivity index (χ0n) is 13.6. The fourth-order valence-corrected chi connectivity index (χ4v) is 3.24. The topological polar surface area (TPSA) is 62.4 Å². The third kappa shape index (κ3) is 3.01. The molecular weight excluding hydrogens is 292 g/mol. The molecule has 2 heterocycles. The van der Waals surface area contributed by atoms with Gasteiger partial charge in [0.1, 0.15) is 5.56 Å². The molecule has 0 aliphatic carbocycles. The largest absolute Gasteiger partial charge is 0.381 e. The molecule has 0 saturated carbocycles. The lowest BCUT2D eigenvalue weighted by Gasteiger charge is -2.20. The lowest BCUT2D eigenvalue weighted by atomic mass is 10.1. The van der Waals surface area contributed by atoms with Crippen LogP contribution in [0.5, 0.6) is 0 Å². The van der Waals surface area contributed by atoms with E-state index in [1.807, 2.05) is 19.1 Å². The van der Waals surface area contributed by atoms with Crippen molar-refractivity contribution < 1.29 is 9.53 Å². The number of rotatable bonds is 2. The van der Waals surface area contributed by atoms with Gasteiger partial charge in [0.15, 0.2) is 0 Å². The number of carbonyl (C=O) groups is 1. The maximum atomic E-state index is 12.8. The first kappa shape index (κ1) is 15.7. The number of methoxy groups -OCH3 is 1. The van der Waals surface area contributed by atoms with Crippen molar-refractivity contribution in [2.45, 2.75) is 32.3 Å². The Morgan fingerprint density at radius 2 is 2.13 bits per heavy atom. The molecule has 23 heavy (non-hydrogen) atoms. The molecule has 1 aromatic heterocycles. The molecule has 1 fully saturated rings. The highest BCUT2D eigenvalue weighted by molar-refractivity contribution is 5.97. The van der Waals surface area contributed by atoms with Crippen molar-refractivity contribution in [3.63, 3.8) is 0 Å². The van der Waals surface area contributed by atoms with Gasteiger partial charge in [-0.05, 0) is 37.8 Å². The van der Waals surface area contributed by atoms with Gasteiger partial charge in [0.05, 0.1) is 11.6 Å². The second kappa shape index (κ2) is 6.54. The zero-order chi connectivity index (χ0) is 16.4. The van der Waals surface area contributed by atoms with Crippen LogP contribution >= 0.6 is 0 Å². The second-order valence-electron chi connectivity index (χ2n) is 6.11. The number of hydrogen-bond donors (Lipinski definition) is 1. The SMILES string of the molecule is COC1CCCN(C(=O)c2c[nH]c3c(C)cccc3c2=O)CC1. The second-order valence-corrected chi connectivity index (χ2v) is 6.11. The number of amides is 1. The highest BCUT2D eigenvalue weighted by Crippen LogP contribution is 2.17. The van der Waals surface area contributed by atoms with E-state index in [2.05, 4.69) is 4.98 Å². The number of aromatic nitrogens is 1. The minimum atomic E-state index is -0.194. The Labute approximate surface area is 135 Å². The van der Waals surface area contributed by atoms with E-state index in [1.165, 1.54) is 0 Å². The molecule has 1 aromatic carbocycles. The molecule has 1 N–H and O–H groups in total. The lowest BCUT2D eigenvalue weighted by Crippen LogP contribution is -2.35.